The number of likely N-dealkylation sites (tertiary alicyclic amines) is 1. The number of hydrogen-bond acceptors (Lipinski definition) is 5. The van der Waals surface area contributed by atoms with Gasteiger partial charge in [0.2, 0.25) is 11.8 Å². The van der Waals surface area contributed by atoms with Crippen LogP contribution in [-0.4, -0.2) is 76.6 Å². The monoisotopic (exact) mass is 605 g/mol. The van der Waals surface area contributed by atoms with E-state index < -0.39 is 42.2 Å². The number of hydrogen-bond donors (Lipinski definition) is 1. The lowest BCUT2D eigenvalue weighted by Gasteiger charge is -2.39. The molecule has 1 spiro atoms. The molecule has 0 saturated carbocycles. The first kappa shape index (κ1) is 31.0. The highest BCUT2D eigenvalue weighted by molar-refractivity contribution is 6.34. The molecule has 3 heterocycles. The summed E-state index contributed by atoms with van der Waals surface area (Å²) in [6.45, 7) is 12.2. The lowest BCUT2D eigenvalue weighted by atomic mass is 9.70. The minimum atomic E-state index is -1.23. The van der Waals surface area contributed by atoms with Gasteiger partial charge in [0.05, 0.1) is 41.3 Å². The van der Waals surface area contributed by atoms with Crippen LogP contribution in [0.15, 0.2) is 73.8 Å². The van der Waals surface area contributed by atoms with Gasteiger partial charge in [-0.25, -0.2) is 0 Å². The quantitative estimate of drug-likeness (QED) is 0.354. The molecule has 6 atom stereocenters. The normalized spacial score (nSPS) is 26.2. The molecule has 9 heteroatoms. The molecule has 1 N–H and O–H groups in total. The van der Waals surface area contributed by atoms with Crippen LogP contribution in [0.5, 0.6) is 0 Å². The highest BCUT2D eigenvalue weighted by Crippen LogP contribution is 2.60. The van der Waals surface area contributed by atoms with Crippen molar-refractivity contribution < 1.29 is 24.2 Å². The minimum Gasteiger partial charge on any atom is -0.394 e. The Kier molecular flexibility index (Phi) is 9.11. The van der Waals surface area contributed by atoms with E-state index in [4.69, 9.17) is 16.3 Å². The number of carbonyl (C=O) groups is 3. The fourth-order valence-electron chi connectivity index (χ4n) is 7.48. The van der Waals surface area contributed by atoms with Gasteiger partial charge in [-0.15, -0.1) is 13.2 Å². The van der Waals surface area contributed by atoms with E-state index in [0.717, 1.165) is 12.0 Å². The smallest absolute Gasteiger partial charge is 0.253 e. The molecule has 3 saturated heterocycles. The van der Waals surface area contributed by atoms with Crippen molar-refractivity contribution in [1.82, 2.24) is 9.80 Å². The summed E-state index contributed by atoms with van der Waals surface area (Å²) in [5.41, 5.74) is 0.774. The minimum absolute atomic E-state index is 0.146. The van der Waals surface area contributed by atoms with Gasteiger partial charge >= 0.3 is 0 Å². The number of halogens is 1. The highest BCUT2D eigenvalue weighted by atomic mass is 35.5. The Hall–Kier alpha value is -3.46. The fraction of sp³-hybridized carbons (Fsp3) is 0.441. The second-order valence-electron chi connectivity index (χ2n) is 11.6. The van der Waals surface area contributed by atoms with E-state index in [-0.39, 0.29) is 24.3 Å². The lowest BCUT2D eigenvalue weighted by Crippen LogP contribution is -2.57. The zero-order chi connectivity index (χ0) is 30.9. The number of rotatable bonds is 12. The van der Waals surface area contributed by atoms with Gasteiger partial charge in [0, 0.05) is 19.6 Å². The molecule has 8 nitrogen and oxygen atoms in total. The maximum atomic E-state index is 14.9. The van der Waals surface area contributed by atoms with Crippen molar-refractivity contribution in [1.29, 1.82) is 0 Å². The van der Waals surface area contributed by atoms with Gasteiger partial charge in [-0.05, 0) is 43.4 Å². The number of amides is 3. The fourth-order valence-corrected chi connectivity index (χ4v) is 7.80. The Morgan fingerprint density at radius 2 is 1.86 bits per heavy atom. The van der Waals surface area contributed by atoms with E-state index in [2.05, 4.69) is 13.2 Å². The van der Waals surface area contributed by atoms with Crippen molar-refractivity contribution in [2.24, 2.45) is 11.8 Å². The molecule has 5 rings (SSSR count). The number of aryl methyl sites for hydroxylation is 1. The third-order valence-corrected chi connectivity index (χ3v) is 9.45. The molecular weight excluding hydrogens is 566 g/mol. The third kappa shape index (κ3) is 5.09. The Bertz CT molecular complexity index is 1380. The zero-order valence-corrected chi connectivity index (χ0v) is 25.6. The van der Waals surface area contributed by atoms with Gasteiger partial charge in [0.25, 0.3) is 5.91 Å². The van der Waals surface area contributed by atoms with Crippen LogP contribution < -0.4 is 4.90 Å². The summed E-state index contributed by atoms with van der Waals surface area (Å²) in [5, 5.41) is 11.1. The van der Waals surface area contributed by atoms with Crippen LogP contribution in [0.3, 0.4) is 0 Å². The number of fused-ring (bicyclic) bond motifs is 1. The molecule has 2 bridgehead atoms. The topological polar surface area (TPSA) is 90.4 Å². The number of benzene rings is 2. The molecule has 228 valence electrons. The van der Waals surface area contributed by atoms with Crippen LogP contribution in [0.25, 0.3) is 0 Å². The van der Waals surface area contributed by atoms with E-state index in [1.54, 1.807) is 28.0 Å². The largest absolute Gasteiger partial charge is 0.394 e. The molecular formula is C34H40ClN3O5. The van der Waals surface area contributed by atoms with Crippen molar-refractivity contribution in [3.63, 3.8) is 0 Å². The molecule has 2 aromatic carbocycles. The number of nitrogens with zero attached hydrogens (tertiary/aromatic N) is 3. The van der Waals surface area contributed by atoms with Gasteiger partial charge in [-0.2, -0.15) is 0 Å². The van der Waals surface area contributed by atoms with Crippen LogP contribution in [0, 0.1) is 18.8 Å². The van der Waals surface area contributed by atoms with Crippen LogP contribution in [0.1, 0.15) is 43.4 Å². The van der Waals surface area contributed by atoms with Crippen molar-refractivity contribution in [3.05, 3.63) is 90.0 Å². The molecule has 3 amide bonds. The van der Waals surface area contributed by atoms with Gasteiger partial charge in [-0.1, -0.05) is 73.1 Å². The molecule has 0 radical (unpaired) electrons. The van der Waals surface area contributed by atoms with E-state index in [1.165, 1.54) is 4.90 Å². The Labute approximate surface area is 258 Å². The summed E-state index contributed by atoms with van der Waals surface area (Å²) in [6.07, 6.45) is 4.56. The average molecular weight is 606 g/mol. The van der Waals surface area contributed by atoms with Gasteiger partial charge < -0.3 is 24.5 Å². The van der Waals surface area contributed by atoms with Gasteiger partial charge in [0.1, 0.15) is 11.6 Å². The third-order valence-electron chi connectivity index (χ3n) is 9.14. The number of anilines is 1. The van der Waals surface area contributed by atoms with E-state index >= 15 is 0 Å². The highest BCUT2D eigenvalue weighted by Gasteiger charge is 2.75. The number of aliphatic hydroxyl groups excluding tert-OH is 1. The maximum absolute atomic E-state index is 14.9. The van der Waals surface area contributed by atoms with Crippen LogP contribution in [-0.2, 0) is 19.1 Å². The predicted octanol–water partition coefficient (Wildman–Crippen LogP) is 4.70. The summed E-state index contributed by atoms with van der Waals surface area (Å²) in [5.74, 6) is -2.51. The molecule has 3 fully saturated rings. The van der Waals surface area contributed by atoms with Gasteiger partial charge in [-0.3, -0.25) is 14.4 Å². The Morgan fingerprint density at radius 1 is 1.14 bits per heavy atom. The first-order chi connectivity index (χ1) is 20.7. The average Bonchev–Trinajstić information content (AvgIpc) is 3.64. The number of aliphatic hydroxyl groups is 1. The van der Waals surface area contributed by atoms with E-state index in [0.29, 0.717) is 42.2 Å². The lowest BCUT2D eigenvalue weighted by molar-refractivity contribution is -0.147. The summed E-state index contributed by atoms with van der Waals surface area (Å²) in [4.78, 5) is 48.5. The molecule has 2 aromatic rings. The number of ether oxygens (including phenoxy) is 1. The molecule has 3 aliphatic rings. The number of para-hydroxylation sites is 1. The van der Waals surface area contributed by atoms with Crippen LogP contribution >= 0.6 is 11.6 Å². The molecule has 0 aliphatic carbocycles. The van der Waals surface area contributed by atoms with Crippen molar-refractivity contribution in [3.8, 4) is 0 Å². The van der Waals surface area contributed by atoms with Crippen LogP contribution in [0.4, 0.5) is 5.69 Å². The van der Waals surface area contributed by atoms with Crippen LogP contribution in [0.2, 0.25) is 5.02 Å². The maximum Gasteiger partial charge on any atom is 0.253 e. The Balaban J connectivity index is 1.66. The molecule has 2 unspecified atom stereocenters. The SMILES string of the molecule is C=CCN(CCC)C(=O)[C@@H]1[C@H]2C(=O)N([C@H](CO)c3ccccc3)C(C(=O)N(CC=C)c3c(C)cccc3Cl)C23CC[C@H]1O3. The summed E-state index contributed by atoms with van der Waals surface area (Å²) < 4.78 is 6.69. The van der Waals surface area contributed by atoms with E-state index in [1.807, 2.05) is 56.3 Å². The van der Waals surface area contributed by atoms with Gasteiger partial charge in [0.15, 0.2) is 0 Å². The first-order valence-corrected chi connectivity index (χ1v) is 15.4. The molecule has 0 aromatic heterocycles. The summed E-state index contributed by atoms with van der Waals surface area (Å²) in [6, 6.07) is 12.7. The van der Waals surface area contributed by atoms with E-state index in [9.17, 15) is 19.5 Å². The second-order valence-corrected chi connectivity index (χ2v) is 12.0. The summed E-state index contributed by atoms with van der Waals surface area (Å²) in [7, 11) is 0. The zero-order valence-electron chi connectivity index (χ0n) is 24.8. The predicted molar refractivity (Wildman–Crippen MR) is 167 cm³/mol. The standard InChI is InChI=1S/C34H40ClN3O5/c1-5-18-36(19-6-2)31(40)27-26-16-17-34(43-26)28(27)32(41)38(25(21-39)23-13-9-8-10-14-23)30(34)33(42)37(20-7-3)29-22(4)12-11-15-24(29)35/h5,7-15,25-28,30,39H,1,3,6,16-21H2,2,4H3/t25-,26-,27+,28+,30?,34?/m1/s1. The first-order valence-electron chi connectivity index (χ1n) is 15.0. The number of carbonyl (C=O) groups excluding carboxylic acids is 3. The van der Waals surface area contributed by atoms with Crippen molar-refractivity contribution in [2.75, 3.05) is 31.1 Å². The molecule has 43 heavy (non-hydrogen) atoms. The summed E-state index contributed by atoms with van der Waals surface area (Å²) >= 11 is 6.67. The Morgan fingerprint density at radius 3 is 2.49 bits per heavy atom. The second kappa shape index (κ2) is 12.6. The molecule has 3 aliphatic heterocycles. The van der Waals surface area contributed by atoms with Crippen molar-refractivity contribution in [2.45, 2.75) is 56.9 Å². The van der Waals surface area contributed by atoms with Crippen molar-refractivity contribution >= 4 is 35.0 Å².